The maximum absolute atomic E-state index is 13.0. The van der Waals surface area contributed by atoms with Gasteiger partial charge in [-0.05, 0) is 56.9 Å². The molecule has 118 valence electrons. The highest BCUT2D eigenvalue weighted by atomic mass is 32.2. The van der Waals surface area contributed by atoms with Crippen LogP contribution in [0.5, 0.6) is 0 Å². The molecule has 1 atom stereocenters. The summed E-state index contributed by atoms with van der Waals surface area (Å²) in [6.45, 7) is 6.23. The zero-order valence-corrected chi connectivity index (χ0v) is 13.9. The molecule has 22 heavy (non-hydrogen) atoms. The fourth-order valence-corrected chi connectivity index (χ4v) is 4.63. The van der Waals surface area contributed by atoms with E-state index < -0.39 is 10.0 Å². The summed E-state index contributed by atoms with van der Waals surface area (Å²) >= 11 is 0. The van der Waals surface area contributed by atoms with Crippen LogP contribution in [0.4, 0.5) is 0 Å². The minimum absolute atomic E-state index is 0.232. The first-order chi connectivity index (χ1) is 10.4. The predicted molar refractivity (Wildman–Crippen MR) is 83.0 cm³/mol. The molecule has 1 aliphatic heterocycles. The number of benzene rings is 1. The number of aryl methyl sites for hydroxylation is 3. The van der Waals surface area contributed by atoms with Crippen LogP contribution in [0.2, 0.25) is 0 Å². The van der Waals surface area contributed by atoms with Gasteiger partial charge in [0, 0.05) is 12.6 Å². The number of hydrogen-bond donors (Lipinski definition) is 0. The summed E-state index contributed by atoms with van der Waals surface area (Å²) < 4.78 is 32.6. The molecule has 1 fully saturated rings. The van der Waals surface area contributed by atoms with E-state index in [4.69, 9.17) is 4.52 Å². The summed E-state index contributed by atoms with van der Waals surface area (Å²) in [6, 6.07) is 6.87. The van der Waals surface area contributed by atoms with Crippen molar-refractivity contribution in [2.45, 2.75) is 44.6 Å². The van der Waals surface area contributed by atoms with Crippen molar-refractivity contribution in [3.05, 3.63) is 46.8 Å². The minimum Gasteiger partial charge on any atom is -0.361 e. The zero-order chi connectivity index (χ0) is 15.9. The zero-order valence-electron chi connectivity index (χ0n) is 13.0. The van der Waals surface area contributed by atoms with Gasteiger partial charge in [-0.15, -0.1) is 0 Å². The van der Waals surface area contributed by atoms with Gasteiger partial charge in [0.1, 0.15) is 11.5 Å². The smallest absolute Gasteiger partial charge is 0.243 e. The highest BCUT2D eigenvalue weighted by Crippen LogP contribution is 2.36. The van der Waals surface area contributed by atoms with Crippen molar-refractivity contribution < 1.29 is 12.9 Å². The van der Waals surface area contributed by atoms with E-state index in [2.05, 4.69) is 5.16 Å². The largest absolute Gasteiger partial charge is 0.361 e. The minimum atomic E-state index is -3.51. The Morgan fingerprint density at radius 1 is 1.18 bits per heavy atom. The molecule has 1 aromatic carbocycles. The number of hydrogen-bond acceptors (Lipinski definition) is 4. The van der Waals surface area contributed by atoms with Crippen LogP contribution in [0.25, 0.3) is 0 Å². The molecule has 0 bridgehead atoms. The van der Waals surface area contributed by atoms with Gasteiger partial charge in [-0.25, -0.2) is 8.42 Å². The lowest BCUT2D eigenvalue weighted by molar-refractivity contribution is 0.349. The van der Waals surface area contributed by atoms with Crippen molar-refractivity contribution >= 4 is 10.0 Å². The van der Waals surface area contributed by atoms with Crippen LogP contribution in [0, 0.1) is 20.8 Å². The lowest BCUT2D eigenvalue weighted by Gasteiger charge is -2.22. The molecule has 3 rings (SSSR count). The normalized spacial score (nSPS) is 19.7. The highest BCUT2D eigenvalue weighted by Gasteiger charge is 2.37. The predicted octanol–water partition coefficient (Wildman–Crippen LogP) is 3.13. The van der Waals surface area contributed by atoms with Crippen molar-refractivity contribution in [1.29, 1.82) is 0 Å². The standard InChI is InChI=1S/C16H20N2O3S/c1-11-6-7-14(9-12(11)2)22(19,20)18-8-4-5-16(18)15-10-13(3)21-17-15/h6-7,9-10,16H,4-5,8H2,1-3H3. The van der Waals surface area contributed by atoms with Crippen molar-refractivity contribution in [2.75, 3.05) is 6.54 Å². The first-order valence-corrected chi connectivity index (χ1v) is 8.86. The molecule has 1 saturated heterocycles. The molecule has 0 spiro atoms. The third kappa shape index (κ3) is 2.57. The molecule has 1 aromatic heterocycles. The molecule has 1 aliphatic rings. The lowest BCUT2D eigenvalue weighted by Crippen LogP contribution is -2.31. The van der Waals surface area contributed by atoms with E-state index >= 15 is 0 Å². The second kappa shape index (κ2) is 5.52. The van der Waals surface area contributed by atoms with Gasteiger partial charge in [0.05, 0.1) is 10.9 Å². The van der Waals surface area contributed by atoms with Crippen LogP contribution >= 0.6 is 0 Å². The summed E-state index contributed by atoms with van der Waals surface area (Å²) in [7, 11) is -3.51. The van der Waals surface area contributed by atoms with Crippen LogP contribution in [-0.4, -0.2) is 24.4 Å². The van der Waals surface area contributed by atoms with Gasteiger partial charge < -0.3 is 4.52 Å². The summed E-state index contributed by atoms with van der Waals surface area (Å²) in [5, 5.41) is 4.01. The molecule has 2 heterocycles. The average Bonchev–Trinajstić information content (AvgIpc) is 3.10. The van der Waals surface area contributed by atoms with Crippen molar-refractivity contribution in [1.82, 2.24) is 9.46 Å². The summed E-state index contributed by atoms with van der Waals surface area (Å²) in [5.41, 5.74) is 2.76. The maximum Gasteiger partial charge on any atom is 0.243 e. The summed E-state index contributed by atoms with van der Waals surface area (Å²) in [4.78, 5) is 0.350. The van der Waals surface area contributed by atoms with Gasteiger partial charge in [-0.2, -0.15) is 4.31 Å². The lowest BCUT2D eigenvalue weighted by atomic mass is 10.1. The van der Waals surface area contributed by atoms with E-state index in [9.17, 15) is 8.42 Å². The molecule has 0 radical (unpaired) electrons. The molecular formula is C16H20N2O3S. The van der Waals surface area contributed by atoms with Crippen molar-refractivity contribution in [2.24, 2.45) is 0 Å². The first-order valence-electron chi connectivity index (χ1n) is 7.42. The SMILES string of the molecule is Cc1cc(C2CCCN2S(=O)(=O)c2ccc(C)c(C)c2)no1. The van der Waals surface area contributed by atoms with Crippen LogP contribution < -0.4 is 0 Å². The quantitative estimate of drug-likeness (QED) is 0.871. The Labute approximate surface area is 131 Å². The topological polar surface area (TPSA) is 63.4 Å². The number of rotatable bonds is 3. The molecule has 2 aromatic rings. The Kier molecular flexibility index (Phi) is 3.82. The number of sulfonamides is 1. The molecule has 6 heteroatoms. The van der Waals surface area contributed by atoms with Gasteiger partial charge in [-0.3, -0.25) is 0 Å². The van der Waals surface area contributed by atoms with Gasteiger partial charge in [0.15, 0.2) is 0 Å². The van der Waals surface area contributed by atoms with Crippen LogP contribution in [0.3, 0.4) is 0 Å². The monoisotopic (exact) mass is 320 g/mol. The summed E-state index contributed by atoms with van der Waals surface area (Å²) in [6.07, 6.45) is 1.61. The van der Waals surface area contributed by atoms with Gasteiger partial charge in [0.25, 0.3) is 0 Å². The second-order valence-electron chi connectivity index (χ2n) is 5.88. The molecule has 0 N–H and O–H groups in total. The maximum atomic E-state index is 13.0. The van der Waals surface area contributed by atoms with Crippen LogP contribution in [0.1, 0.15) is 41.5 Å². The molecule has 0 saturated carbocycles. The van der Waals surface area contributed by atoms with Gasteiger partial charge >= 0.3 is 0 Å². The Bertz CT molecular complexity index is 795. The van der Waals surface area contributed by atoms with E-state index in [0.29, 0.717) is 22.9 Å². The Hall–Kier alpha value is -1.66. The summed E-state index contributed by atoms with van der Waals surface area (Å²) in [5.74, 6) is 0.699. The van der Waals surface area contributed by atoms with E-state index in [1.165, 1.54) is 0 Å². The number of nitrogens with zero attached hydrogens (tertiary/aromatic N) is 2. The van der Waals surface area contributed by atoms with E-state index in [1.54, 1.807) is 16.4 Å². The Morgan fingerprint density at radius 3 is 2.59 bits per heavy atom. The molecule has 1 unspecified atom stereocenters. The first kappa shape index (κ1) is 15.2. The molecule has 0 amide bonds. The molecular weight excluding hydrogens is 300 g/mol. The van der Waals surface area contributed by atoms with E-state index in [1.807, 2.05) is 32.9 Å². The fraction of sp³-hybridized carbons (Fsp3) is 0.438. The fourth-order valence-electron chi connectivity index (χ4n) is 2.88. The average molecular weight is 320 g/mol. The van der Waals surface area contributed by atoms with Crippen LogP contribution in [0.15, 0.2) is 33.7 Å². The Morgan fingerprint density at radius 2 is 1.95 bits per heavy atom. The van der Waals surface area contributed by atoms with Crippen LogP contribution in [-0.2, 0) is 10.0 Å². The van der Waals surface area contributed by atoms with Gasteiger partial charge in [0.2, 0.25) is 10.0 Å². The second-order valence-corrected chi connectivity index (χ2v) is 7.77. The van der Waals surface area contributed by atoms with Crippen molar-refractivity contribution in [3.63, 3.8) is 0 Å². The van der Waals surface area contributed by atoms with Crippen molar-refractivity contribution in [3.8, 4) is 0 Å². The number of aromatic nitrogens is 1. The third-order valence-corrected chi connectivity index (χ3v) is 6.18. The molecule has 5 nitrogen and oxygen atoms in total. The van der Waals surface area contributed by atoms with E-state index in [0.717, 1.165) is 24.0 Å². The molecule has 0 aliphatic carbocycles. The van der Waals surface area contributed by atoms with E-state index in [-0.39, 0.29) is 6.04 Å². The Balaban J connectivity index is 1.98. The van der Waals surface area contributed by atoms with Gasteiger partial charge in [-0.1, -0.05) is 11.2 Å². The third-order valence-electron chi connectivity index (χ3n) is 4.28. The highest BCUT2D eigenvalue weighted by molar-refractivity contribution is 7.89.